The van der Waals surface area contributed by atoms with Gasteiger partial charge in [0.25, 0.3) is 0 Å². The molecular weight excluding hydrogens is 484 g/mol. The maximum absolute atomic E-state index is 12.4. The number of halogens is 1. The van der Waals surface area contributed by atoms with E-state index in [9.17, 15) is 4.79 Å². The van der Waals surface area contributed by atoms with Crippen molar-refractivity contribution in [3.8, 4) is 5.75 Å². The van der Waals surface area contributed by atoms with Crippen molar-refractivity contribution in [3.63, 3.8) is 0 Å². The van der Waals surface area contributed by atoms with Gasteiger partial charge in [0.05, 0.1) is 5.56 Å². The molecule has 1 unspecified atom stereocenters. The van der Waals surface area contributed by atoms with Crippen LogP contribution in [0.3, 0.4) is 0 Å². The maximum Gasteiger partial charge on any atom is 0.356 e. The highest BCUT2D eigenvalue weighted by molar-refractivity contribution is 5.91. The van der Waals surface area contributed by atoms with E-state index in [1.54, 1.807) is 0 Å². The van der Waals surface area contributed by atoms with Gasteiger partial charge in [0.15, 0.2) is 0 Å². The SMILES string of the molecule is Cc1cc(C2C[C@H](CN[C@H](C)c3cccc4ccccc34)Oc3ccccc32)cc(C(=O)ON)c1C.Cl. The van der Waals surface area contributed by atoms with Crippen LogP contribution in [-0.4, -0.2) is 18.6 Å². The Balaban J connectivity index is 0.00000320. The van der Waals surface area contributed by atoms with Crippen LogP contribution < -0.4 is 16.0 Å². The zero-order valence-corrected chi connectivity index (χ0v) is 22.2. The Hall–Kier alpha value is -3.38. The maximum atomic E-state index is 12.4. The lowest BCUT2D eigenvalue weighted by Gasteiger charge is -2.34. The highest BCUT2D eigenvalue weighted by atomic mass is 35.5. The lowest BCUT2D eigenvalue weighted by atomic mass is 9.82. The lowest BCUT2D eigenvalue weighted by molar-refractivity contribution is 0.0502. The second-order valence-corrected chi connectivity index (χ2v) is 9.68. The molecule has 0 bridgehead atoms. The fraction of sp³-hybridized carbons (Fsp3) is 0.258. The van der Waals surface area contributed by atoms with Crippen LogP contribution in [0.15, 0.2) is 78.9 Å². The minimum absolute atomic E-state index is 0. The minimum Gasteiger partial charge on any atom is -0.489 e. The molecule has 0 spiro atoms. The van der Waals surface area contributed by atoms with Gasteiger partial charge in [-0.2, -0.15) is 5.90 Å². The van der Waals surface area contributed by atoms with Gasteiger partial charge in [0.1, 0.15) is 11.9 Å². The number of hydrogen-bond acceptors (Lipinski definition) is 5. The summed E-state index contributed by atoms with van der Waals surface area (Å²) < 4.78 is 6.44. The predicted octanol–water partition coefficient (Wildman–Crippen LogP) is 6.54. The molecule has 37 heavy (non-hydrogen) atoms. The smallest absolute Gasteiger partial charge is 0.356 e. The fourth-order valence-corrected chi connectivity index (χ4v) is 5.34. The first kappa shape index (κ1) is 26.7. The predicted molar refractivity (Wildman–Crippen MR) is 150 cm³/mol. The van der Waals surface area contributed by atoms with Crippen molar-refractivity contribution in [1.82, 2.24) is 5.32 Å². The van der Waals surface area contributed by atoms with Crippen molar-refractivity contribution in [1.29, 1.82) is 0 Å². The number of aryl methyl sites for hydroxylation is 1. The molecular formula is C31H33ClN2O3. The molecule has 1 aliphatic rings. The average Bonchev–Trinajstić information content (AvgIpc) is 2.91. The molecule has 3 N–H and O–H groups in total. The summed E-state index contributed by atoms with van der Waals surface area (Å²) in [6.45, 7) is 6.84. The van der Waals surface area contributed by atoms with Gasteiger partial charge in [0, 0.05) is 24.1 Å². The average molecular weight is 517 g/mol. The van der Waals surface area contributed by atoms with Crippen LogP contribution in [0.4, 0.5) is 0 Å². The fourth-order valence-electron chi connectivity index (χ4n) is 5.34. The third-order valence-electron chi connectivity index (χ3n) is 7.45. The summed E-state index contributed by atoms with van der Waals surface area (Å²) in [5, 5.41) is 6.22. The monoisotopic (exact) mass is 516 g/mol. The van der Waals surface area contributed by atoms with E-state index in [1.807, 2.05) is 38.1 Å². The first-order valence-corrected chi connectivity index (χ1v) is 12.4. The zero-order valence-electron chi connectivity index (χ0n) is 21.4. The summed E-state index contributed by atoms with van der Waals surface area (Å²) in [5.74, 6) is 5.69. The number of carbonyl (C=O) groups excluding carboxylic acids is 1. The quantitative estimate of drug-likeness (QED) is 0.284. The number of benzene rings is 4. The minimum atomic E-state index is -0.514. The van der Waals surface area contributed by atoms with Crippen LogP contribution in [0, 0.1) is 13.8 Å². The number of ether oxygens (including phenoxy) is 1. The number of nitrogens with two attached hydrogens (primary N) is 1. The molecule has 4 aromatic carbocycles. The van der Waals surface area contributed by atoms with E-state index in [4.69, 9.17) is 10.6 Å². The van der Waals surface area contributed by atoms with Crippen molar-refractivity contribution in [2.45, 2.75) is 45.3 Å². The van der Waals surface area contributed by atoms with Gasteiger partial charge in [-0.05, 0) is 72.4 Å². The number of hydrogen-bond donors (Lipinski definition) is 2. The molecule has 0 fully saturated rings. The van der Waals surface area contributed by atoms with Crippen LogP contribution in [0.5, 0.6) is 5.75 Å². The summed E-state index contributed by atoms with van der Waals surface area (Å²) >= 11 is 0. The number of nitrogens with one attached hydrogen (secondary N) is 1. The normalized spacial score (nSPS) is 17.3. The second-order valence-electron chi connectivity index (χ2n) is 9.68. The van der Waals surface area contributed by atoms with E-state index in [2.05, 4.69) is 71.7 Å². The molecule has 0 saturated heterocycles. The summed E-state index contributed by atoms with van der Waals surface area (Å²) in [7, 11) is 0. The van der Waals surface area contributed by atoms with Crippen LogP contribution in [-0.2, 0) is 4.84 Å². The summed E-state index contributed by atoms with van der Waals surface area (Å²) in [4.78, 5) is 16.9. The van der Waals surface area contributed by atoms with Gasteiger partial charge in [-0.1, -0.05) is 66.7 Å². The number of para-hydroxylation sites is 1. The van der Waals surface area contributed by atoms with Gasteiger partial charge >= 0.3 is 5.97 Å². The molecule has 6 heteroatoms. The van der Waals surface area contributed by atoms with E-state index in [1.165, 1.54) is 16.3 Å². The van der Waals surface area contributed by atoms with Gasteiger partial charge in [0.2, 0.25) is 0 Å². The standard InChI is InChI=1S/C31H32N2O3.ClH/c1-19-15-23(16-28(20(19)2)31(34)36-32)29-17-24(35-30-14-7-6-12-27(29)30)18-33-21(3)25-13-8-10-22-9-4-5-11-26(22)25;/h4-16,21,24,29,33H,17-18,32H2,1-3H3;1H/t21-,24-,29?;/m1./s1. The molecule has 5 nitrogen and oxygen atoms in total. The molecule has 0 aromatic heterocycles. The van der Waals surface area contributed by atoms with Crippen molar-refractivity contribution in [2.24, 2.45) is 5.90 Å². The molecule has 192 valence electrons. The largest absolute Gasteiger partial charge is 0.489 e. The summed E-state index contributed by atoms with van der Waals surface area (Å²) in [6, 6.07) is 27.4. The van der Waals surface area contributed by atoms with Crippen molar-refractivity contribution in [3.05, 3.63) is 112 Å². The number of carbonyl (C=O) groups is 1. The Morgan fingerprint density at radius 3 is 2.59 bits per heavy atom. The molecule has 5 rings (SSSR count). The molecule has 1 aliphatic heterocycles. The van der Waals surface area contributed by atoms with Crippen molar-refractivity contribution >= 4 is 29.1 Å². The molecule has 0 aliphatic carbocycles. The Morgan fingerprint density at radius 2 is 1.78 bits per heavy atom. The van der Waals surface area contributed by atoms with Crippen molar-refractivity contribution < 1.29 is 14.4 Å². The van der Waals surface area contributed by atoms with Crippen LogP contribution >= 0.6 is 12.4 Å². The highest BCUT2D eigenvalue weighted by Crippen LogP contribution is 2.41. The highest BCUT2D eigenvalue weighted by Gasteiger charge is 2.30. The van der Waals surface area contributed by atoms with E-state index >= 15 is 0 Å². The molecule has 4 aromatic rings. The first-order chi connectivity index (χ1) is 17.5. The van der Waals surface area contributed by atoms with E-state index in [0.29, 0.717) is 12.1 Å². The van der Waals surface area contributed by atoms with E-state index < -0.39 is 5.97 Å². The Labute approximate surface area is 224 Å². The summed E-state index contributed by atoms with van der Waals surface area (Å²) in [6.07, 6.45) is 0.778. The van der Waals surface area contributed by atoms with Crippen LogP contribution in [0.1, 0.15) is 63.5 Å². The van der Waals surface area contributed by atoms with Gasteiger partial charge in [-0.15, -0.1) is 12.4 Å². The van der Waals surface area contributed by atoms with E-state index in [0.717, 1.165) is 34.4 Å². The number of rotatable bonds is 6. The zero-order chi connectivity index (χ0) is 25.2. The number of fused-ring (bicyclic) bond motifs is 2. The van der Waals surface area contributed by atoms with Gasteiger partial charge < -0.3 is 14.9 Å². The molecule has 0 radical (unpaired) electrons. The van der Waals surface area contributed by atoms with Crippen LogP contribution in [0.25, 0.3) is 10.8 Å². The summed E-state index contributed by atoms with van der Waals surface area (Å²) in [5.41, 5.74) is 5.91. The van der Waals surface area contributed by atoms with Gasteiger partial charge in [-0.3, -0.25) is 0 Å². The lowest BCUT2D eigenvalue weighted by Crippen LogP contribution is -2.37. The van der Waals surface area contributed by atoms with Gasteiger partial charge in [-0.25, -0.2) is 4.79 Å². The Kier molecular flexibility index (Phi) is 8.18. The third kappa shape index (κ3) is 5.35. The van der Waals surface area contributed by atoms with Crippen LogP contribution in [0.2, 0.25) is 0 Å². The second kappa shape index (κ2) is 11.3. The molecule has 0 saturated carbocycles. The first-order valence-electron chi connectivity index (χ1n) is 12.4. The molecule has 0 amide bonds. The molecule has 3 atom stereocenters. The Morgan fingerprint density at radius 1 is 1.05 bits per heavy atom. The Bertz CT molecular complexity index is 1420. The molecule has 1 heterocycles. The topological polar surface area (TPSA) is 73.6 Å². The van der Waals surface area contributed by atoms with Crippen molar-refractivity contribution in [2.75, 3.05) is 6.54 Å². The third-order valence-corrected chi connectivity index (χ3v) is 7.45. The van der Waals surface area contributed by atoms with E-state index in [-0.39, 0.29) is 30.5 Å².